The van der Waals surface area contributed by atoms with Gasteiger partial charge in [-0.15, -0.1) is 0 Å². The van der Waals surface area contributed by atoms with Gasteiger partial charge in [-0.25, -0.2) is 28.6 Å². The van der Waals surface area contributed by atoms with Crippen LogP contribution in [0.4, 0.5) is 0 Å². The minimum absolute atomic E-state index is 0.133. The van der Waals surface area contributed by atoms with Gasteiger partial charge in [0.05, 0.1) is 12.5 Å². The molecule has 7 atom stereocenters. The summed E-state index contributed by atoms with van der Waals surface area (Å²) < 4.78 is 59.7. The minimum Gasteiger partial charge on any atom is -0.387 e. The second-order valence-electron chi connectivity index (χ2n) is 7.81. The first-order valence-corrected chi connectivity index (χ1v) is 15.7. The number of fused-ring (bicyclic) bond motifs is 1. The number of aliphatic hydroxyl groups excluding tert-OH is 2. The van der Waals surface area contributed by atoms with Crippen LogP contribution >= 0.6 is 35.7 Å². The molecular weight excluding hydrogens is 597 g/mol. The van der Waals surface area contributed by atoms with Gasteiger partial charge < -0.3 is 39.3 Å². The Morgan fingerprint density at radius 2 is 1.79 bits per heavy atom. The van der Waals surface area contributed by atoms with Crippen LogP contribution in [0.2, 0.25) is 0 Å². The minimum atomic E-state index is -5.82. The van der Waals surface area contributed by atoms with Crippen molar-refractivity contribution in [2.45, 2.75) is 56.5 Å². The monoisotopic (exact) mass is 622 g/mol. The Hall–Kier alpha value is -1.11. The van der Waals surface area contributed by atoms with Gasteiger partial charge in [-0.3, -0.25) is 9.09 Å². The molecule has 3 heterocycles. The number of imidazole rings is 1. The summed E-state index contributed by atoms with van der Waals surface area (Å²) in [5.41, 5.74) is 0.555. The number of phosphoric ester groups is 1. The third-order valence-electron chi connectivity index (χ3n) is 4.96. The summed E-state index contributed by atoms with van der Waals surface area (Å²) in [6.07, 6.45) is -2.26. The SMILES string of the molecule is O=P(O)(O)OP(=O)(O)OP(=O)(O)OC(OCCCCCC=S)[C@H]1O[C@@H](n2cnc3cncnc32)[C@H](O)[C@@H]1O. The zero-order valence-electron chi connectivity index (χ0n) is 19.2. The van der Waals surface area contributed by atoms with Crippen molar-refractivity contribution in [1.82, 2.24) is 19.5 Å². The van der Waals surface area contributed by atoms with E-state index in [-0.39, 0.29) is 12.3 Å². The highest BCUT2D eigenvalue weighted by Crippen LogP contribution is 2.66. The molecule has 3 unspecified atom stereocenters. The van der Waals surface area contributed by atoms with E-state index in [4.69, 9.17) is 36.0 Å². The van der Waals surface area contributed by atoms with E-state index in [0.29, 0.717) is 31.2 Å². The fourth-order valence-corrected chi connectivity index (χ4v) is 6.70. The van der Waals surface area contributed by atoms with Crippen LogP contribution in [0.15, 0.2) is 18.9 Å². The van der Waals surface area contributed by atoms with Crippen LogP contribution < -0.4 is 0 Å². The highest BCUT2D eigenvalue weighted by atomic mass is 32.1. The van der Waals surface area contributed by atoms with E-state index in [1.807, 2.05) is 0 Å². The van der Waals surface area contributed by atoms with Crippen molar-refractivity contribution in [2.24, 2.45) is 0 Å². The average Bonchev–Trinajstić information content (AvgIpc) is 3.34. The zero-order valence-corrected chi connectivity index (χ0v) is 22.7. The molecule has 0 aromatic carbocycles. The largest absolute Gasteiger partial charge is 0.490 e. The summed E-state index contributed by atoms with van der Waals surface area (Å²) in [4.78, 5) is 48.8. The van der Waals surface area contributed by atoms with Crippen molar-refractivity contribution in [1.29, 1.82) is 0 Å². The molecule has 0 amide bonds. The van der Waals surface area contributed by atoms with E-state index < -0.39 is 54.3 Å². The molecule has 0 radical (unpaired) electrons. The summed E-state index contributed by atoms with van der Waals surface area (Å²) in [5, 5.41) is 22.9. The second kappa shape index (κ2) is 13.0. The van der Waals surface area contributed by atoms with E-state index in [2.05, 4.69) is 23.6 Å². The number of nitrogens with zero attached hydrogens (tertiary/aromatic N) is 4. The molecule has 22 heteroatoms. The van der Waals surface area contributed by atoms with Gasteiger partial charge in [0.15, 0.2) is 18.2 Å². The Morgan fingerprint density at radius 3 is 2.47 bits per heavy atom. The molecule has 2 aromatic heterocycles. The molecule has 1 fully saturated rings. The first-order chi connectivity index (χ1) is 17.7. The van der Waals surface area contributed by atoms with Gasteiger partial charge >= 0.3 is 23.5 Å². The fourth-order valence-electron chi connectivity index (χ4n) is 3.43. The highest BCUT2D eigenvalue weighted by Gasteiger charge is 2.51. The lowest BCUT2D eigenvalue weighted by Gasteiger charge is -2.27. The lowest BCUT2D eigenvalue weighted by Crippen LogP contribution is -2.41. The summed E-state index contributed by atoms with van der Waals surface area (Å²) >= 11 is 4.74. The Bertz CT molecular complexity index is 1240. The fraction of sp³-hybridized carbons (Fsp3) is 0.625. The lowest BCUT2D eigenvalue weighted by molar-refractivity contribution is -0.188. The maximum absolute atomic E-state index is 12.4. The average molecular weight is 622 g/mol. The molecule has 214 valence electrons. The van der Waals surface area contributed by atoms with Crippen LogP contribution in [0, 0.1) is 0 Å². The van der Waals surface area contributed by atoms with Gasteiger partial charge in [-0.2, -0.15) is 8.62 Å². The normalized spacial score (nSPS) is 26.2. The molecule has 3 rings (SSSR count). The number of unbranched alkanes of at least 4 members (excludes halogenated alkanes) is 3. The van der Waals surface area contributed by atoms with Crippen molar-refractivity contribution < 1.29 is 66.1 Å². The quantitative estimate of drug-likeness (QED) is 0.0690. The van der Waals surface area contributed by atoms with Crippen molar-refractivity contribution >= 4 is 52.2 Å². The van der Waals surface area contributed by atoms with Gasteiger partial charge in [0.2, 0.25) is 0 Å². The van der Waals surface area contributed by atoms with E-state index in [1.54, 1.807) is 5.37 Å². The first-order valence-electron chi connectivity index (χ1n) is 10.7. The van der Waals surface area contributed by atoms with Crippen molar-refractivity contribution in [2.75, 3.05) is 6.61 Å². The van der Waals surface area contributed by atoms with Crippen LogP contribution in [0.25, 0.3) is 11.2 Å². The van der Waals surface area contributed by atoms with Crippen molar-refractivity contribution in [3.63, 3.8) is 0 Å². The third kappa shape index (κ3) is 8.69. The topological polar surface area (TPSA) is 262 Å². The molecular formula is C16H25N4O14P3S. The number of hydrogen-bond donors (Lipinski definition) is 6. The van der Waals surface area contributed by atoms with Crippen molar-refractivity contribution in [3.05, 3.63) is 18.9 Å². The van der Waals surface area contributed by atoms with Crippen LogP contribution in [0.3, 0.4) is 0 Å². The molecule has 1 aliphatic heterocycles. The summed E-state index contributed by atoms with van der Waals surface area (Å²) in [6, 6.07) is 0. The summed E-state index contributed by atoms with van der Waals surface area (Å²) in [6.45, 7) is -0.133. The van der Waals surface area contributed by atoms with Gasteiger partial charge in [0, 0.05) is 6.61 Å². The Morgan fingerprint density at radius 1 is 1.05 bits per heavy atom. The van der Waals surface area contributed by atoms with Crippen molar-refractivity contribution in [3.8, 4) is 0 Å². The second-order valence-corrected chi connectivity index (χ2v) is 12.5. The molecule has 1 aliphatic rings. The lowest BCUT2D eigenvalue weighted by atomic mass is 10.1. The molecule has 18 nitrogen and oxygen atoms in total. The van der Waals surface area contributed by atoms with Crippen LogP contribution in [0.5, 0.6) is 0 Å². The Balaban J connectivity index is 1.80. The van der Waals surface area contributed by atoms with Gasteiger partial charge in [0.25, 0.3) is 0 Å². The smallest absolute Gasteiger partial charge is 0.387 e. The molecule has 1 saturated heterocycles. The molecule has 6 N–H and O–H groups in total. The zero-order chi connectivity index (χ0) is 28.1. The third-order valence-corrected chi connectivity index (χ3v) is 8.99. The number of phosphoric acid groups is 3. The molecule has 2 aromatic rings. The maximum atomic E-state index is 12.4. The molecule has 0 bridgehead atoms. The Labute approximate surface area is 220 Å². The maximum Gasteiger partial charge on any atom is 0.490 e. The number of ether oxygens (including phenoxy) is 2. The van der Waals surface area contributed by atoms with Gasteiger partial charge in [-0.05, 0) is 24.6 Å². The molecule has 0 aliphatic carbocycles. The molecule has 0 saturated carbocycles. The van der Waals surface area contributed by atoms with Gasteiger partial charge in [0.1, 0.15) is 30.2 Å². The highest BCUT2D eigenvalue weighted by molar-refractivity contribution is 7.78. The van der Waals surface area contributed by atoms with Crippen LogP contribution in [0.1, 0.15) is 31.9 Å². The standard InChI is InChI=1S/C16H25N4O14P3S/c21-11-12(22)15(20-9-19-10-7-17-8-18-14(10)20)31-13(11)16(30-5-3-1-2-4-6-38)32-36(26,27)34-37(28,29)33-35(23,24)25/h6-9,11-13,15-16,21-22H,1-5H2,(H,26,27)(H,28,29)(H2,23,24,25)/t11-,12+,13-,15+,16?/m0/s1. The summed E-state index contributed by atoms with van der Waals surface area (Å²) in [7, 11) is -17.1. The van der Waals surface area contributed by atoms with Crippen LogP contribution in [-0.2, 0) is 36.3 Å². The predicted octanol–water partition coefficient (Wildman–Crippen LogP) is 0.692. The van der Waals surface area contributed by atoms with Gasteiger partial charge in [-0.1, -0.05) is 18.6 Å². The number of thiocarbonyl (C=S) groups is 1. The first kappa shape index (κ1) is 31.4. The molecule has 0 spiro atoms. The number of aliphatic hydroxyl groups is 2. The number of hydrogen-bond acceptors (Lipinski definition) is 14. The number of rotatable bonds is 15. The van der Waals surface area contributed by atoms with Crippen LogP contribution in [-0.4, -0.2) is 85.9 Å². The number of aromatic nitrogens is 4. The van der Waals surface area contributed by atoms with E-state index in [1.165, 1.54) is 23.4 Å². The molecule has 38 heavy (non-hydrogen) atoms. The van der Waals surface area contributed by atoms with E-state index in [0.717, 1.165) is 0 Å². The predicted molar refractivity (Wildman–Crippen MR) is 128 cm³/mol. The Kier molecular flexibility index (Phi) is 10.8. The van der Waals surface area contributed by atoms with E-state index in [9.17, 15) is 33.7 Å². The van der Waals surface area contributed by atoms with E-state index >= 15 is 0 Å². The summed E-state index contributed by atoms with van der Waals surface area (Å²) in [5.74, 6) is 0.